The highest BCUT2D eigenvalue weighted by atomic mass is 16.6. The van der Waals surface area contributed by atoms with Gasteiger partial charge in [0.1, 0.15) is 11.4 Å². The zero-order chi connectivity index (χ0) is 11.6. The molecule has 1 fully saturated rings. The van der Waals surface area contributed by atoms with Crippen LogP contribution in [0.4, 0.5) is 4.79 Å². The predicted molar refractivity (Wildman–Crippen MR) is 59.6 cm³/mol. The molecule has 1 heterocycles. The molecular formula is C12H15NO3. The first-order valence-electron chi connectivity index (χ1n) is 5.22. The van der Waals surface area contributed by atoms with Gasteiger partial charge < -0.3 is 14.8 Å². The Bertz CT molecular complexity index is 405. The lowest BCUT2D eigenvalue weighted by molar-refractivity contribution is 0.0720. The summed E-state index contributed by atoms with van der Waals surface area (Å²) in [5, 5.41) is 2.67. The van der Waals surface area contributed by atoms with Crippen LogP contribution in [0.3, 0.4) is 0 Å². The molecule has 1 unspecified atom stereocenters. The van der Waals surface area contributed by atoms with Crippen LogP contribution in [-0.4, -0.2) is 25.3 Å². The summed E-state index contributed by atoms with van der Waals surface area (Å²) in [5.41, 5.74) is 0.565. The van der Waals surface area contributed by atoms with E-state index in [-0.39, 0.29) is 6.09 Å². The van der Waals surface area contributed by atoms with Crippen molar-refractivity contribution in [1.82, 2.24) is 5.32 Å². The van der Waals surface area contributed by atoms with Gasteiger partial charge in [-0.1, -0.05) is 18.2 Å². The van der Waals surface area contributed by atoms with Crippen LogP contribution in [0.2, 0.25) is 0 Å². The fraction of sp³-hybridized carbons (Fsp3) is 0.417. The number of amides is 1. The first kappa shape index (κ1) is 10.8. The van der Waals surface area contributed by atoms with Crippen molar-refractivity contribution in [3.05, 3.63) is 29.8 Å². The SMILES string of the molecule is COc1ccccc1CC1(C)CNC(=O)O1. The molecule has 1 aliphatic heterocycles. The molecule has 1 amide bonds. The summed E-state index contributed by atoms with van der Waals surface area (Å²) in [7, 11) is 1.64. The van der Waals surface area contributed by atoms with Gasteiger partial charge in [0.2, 0.25) is 0 Å². The van der Waals surface area contributed by atoms with Crippen molar-refractivity contribution in [1.29, 1.82) is 0 Å². The van der Waals surface area contributed by atoms with Gasteiger partial charge in [0.15, 0.2) is 0 Å². The van der Waals surface area contributed by atoms with E-state index >= 15 is 0 Å². The van der Waals surface area contributed by atoms with Gasteiger partial charge in [-0.3, -0.25) is 0 Å². The van der Waals surface area contributed by atoms with Gasteiger partial charge in [-0.05, 0) is 18.6 Å². The van der Waals surface area contributed by atoms with Crippen LogP contribution < -0.4 is 10.1 Å². The fourth-order valence-corrected chi connectivity index (χ4v) is 1.91. The van der Waals surface area contributed by atoms with Crippen LogP contribution >= 0.6 is 0 Å². The molecule has 0 spiro atoms. The monoisotopic (exact) mass is 221 g/mol. The Morgan fingerprint density at radius 3 is 2.88 bits per heavy atom. The van der Waals surface area contributed by atoms with E-state index in [1.165, 1.54) is 0 Å². The maximum Gasteiger partial charge on any atom is 0.407 e. The number of carbonyl (C=O) groups excluding carboxylic acids is 1. The van der Waals surface area contributed by atoms with Crippen LogP contribution in [0.1, 0.15) is 12.5 Å². The first-order valence-corrected chi connectivity index (χ1v) is 5.22. The number of ether oxygens (including phenoxy) is 2. The average Bonchev–Trinajstić information content (AvgIpc) is 2.59. The number of hydrogen-bond donors (Lipinski definition) is 1. The molecule has 16 heavy (non-hydrogen) atoms. The second-order valence-electron chi connectivity index (χ2n) is 4.18. The molecular weight excluding hydrogens is 206 g/mol. The van der Waals surface area contributed by atoms with E-state index in [1.807, 2.05) is 31.2 Å². The second kappa shape index (κ2) is 4.04. The van der Waals surface area contributed by atoms with E-state index in [9.17, 15) is 4.79 Å². The van der Waals surface area contributed by atoms with Gasteiger partial charge in [0.05, 0.1) is 13.7 Å². The summed E-state index contributed by atoms with van der Waals surface area (Å²) in [4.78, 5) is 11.0. The maximum absolute atomic E-state index is 11.0. The van der Waals surface area contributed by atoms with Crippen molar-refractivity contribution in [3.63, 3.8) is 0 Å². The summed E-state index contributed by atoms with van der Waals surface area (Å²) in [6, 6.07) is 7.76. The summed E-state index contributed by atoms with van der Waals surface area (Å²) in [6.45, 7) is 2.45. The Morgan fingerprint density at radius 1 is 1.50 bits per heavy atom. The Labute approximate surface area is 94.6 Å². The summed E-state index contributed by atoms with van der Waals surface area (Å²) in [6.07, 6.45) is 0.299. The third-order valence-corrected chi connectivity index (χ3v) is 2.70. The summed E-state index contributed by atoms with van der Waals surface area (Å²) < 4.78 is 10.5. The molecule has 1 aromatic carbocycles. The smallest absolute Gasteiger partial charge is 0.407 e. The van der Waals surface area contributed by atoms with E-state index in [0.717, 1.165) is 11.3 Å². The standard InChI is InChI=1S/C12H15NO3/c1-12(8-13-11(14)16-12)7-9-5-3-4-6-10(9)15-2/h3-6H,7-8H2,1-2H3,(H,13,14). The molecule has 4 heteroatoms. The molecule has 1 N–H and O–H groups in total. The zero-order valence-electron chi connectivity index (χ0n) is 9.45. The van der Waals surface area contributed by atoms with Crippen LogP contribution in [0.25, 0.3) is 0 Å². The molecule has 0 saturated carbocycles. The number of para-hydroxylation sites is 1. The molecule has 86 valence electrons. The normalized spacial score (nSPS) is 23.8. The Kier molecular flexibility index (Phi) is 2.73. The number of benzene rings is 1. The Balaban J connectivity index is 2.17. The van der Waals surface area contributed by atoms with Gasteiger partial charge in [-0.15, -0.1) is 0 Å². The number of nitrogens with one attached hydrogen (secondary N) is 1. The van der Waals surface area contributed by atoms with Gasteiger partial charge in [0.25, 0.3) is 0 Å². The fourth-order valence-electron chi connectivity index (χ4n) is 1.91. The number of alkyl carbamates (subject to hydrolysis) is 1. The first-order chi connectivity index (χ1) is 7.63. The number of cyclic esters (lactones) is 1. The molecule has 2 rings (SSSR count). The predicted octanol–water partition coefficient (Wildman–Crippen LogP) is 1.74. The molecule has 1 saturated heterocycles. The molecule has 0 bridgehead atoms. The number of hydrogen-bond acceptors (Lipinski definition) is 3. The molecule has 0 aliphatic carbocycles. The molecule has 4 nitrogen and oxygen atoms in total. The quantitative estimate of drug-likeness (QED) is 0.845. The van der Waals surface area contributed by atoms with E-state index in [1.54, 1.807) is 7.11 Å². The lowest BCUT2D eigenvalue weighted by Crippen LogP contribution is -2.32. The Hall–Kier alpha value is -1.71. The lowest BCUT2D eigenvalue weighted by Gasteiger charge is -2.22. The third-order valence-electron chi connectivity index (χ3n) is 2.70. The van der Waals surface area contributed by atoms with Gasteiger partial charge in [0, 0.05) is 6.42 Å². The zero-order valence-corrected chi connectivity index (χ0v) is 9.45. The minimum Gasteiger partial charge on any atom is -0.496 e. The largest absolute Gasteiger partial charge is 0.496 e. The van der Waals surface area contributed by atoms with Crippen molar-refractivity contribution >= 4 is 6.09 Å². The van der Waals surface area contributed by atoms with E-state index in [0.29, 0.717) is 13.0 Å². The van der Waals surface area contributed by atoms with Crippen LogP contribution in [-0.2, 0) is 11.2 Å². The molecule has 0 radical (unpaired) electrons. The highest BCUT2D eigenvalue weighted by Gasteiger charge is 2.36. The van der Waals surface area contributed by atoms with Crippen molar-refractivity contribution in [2.24, 2.45) is 0 Å². The van der Waals surface area contributed by atoms with E-state index < -0.39 is 5.60 Å². The van der Waals surface area contributed by atoms with Crippen molar-refractivity contribution in [3.8, 4) is 5.75 Å². The maximum atomic E-state index is 11.0. The molecule has 0 aromatic heterocycles. The topological polar surface area (TPSA) is 47.6 Å². The Morgan fingerprint density at radius 2 is 2.25 bits per heavy atom. The average molecular weight is 221 g/mol. The molecule has 1 aromatic rings. The third kappa shape index (κ3) is 2.10. The lowest BCUT2D eigenvalue weighted by atomic mass is 9.96. The number of methoxy groups -OCH3 is 1. The van der Waals surface area contributed by atoms with Crippen molar-refractivity contribution < 1.29 is 14.3 Å². The molecule has 1 atom stereocenters. The van der Waals surface area contributed by atoms with Gasteiger partial charge in [-0.2, -0.15) is 0 Å². The minimum absolute atomic E-state index is 0.350. The van der Waals surface area contributed by atoms with Crippen molar-refractivity contribution in [2.75, 3.05) is 13.7 Å². The van der Waals surface area contributed by atoms with Crippen LogP contribution in [0, 0.1) is 0 Å². The number of rotatable bonds is 3. The van der Waals surface area contributed by atoms with E-state index in [4.69, 9.17) is 9.47 Å². The highest BCUT2D eigenvalue weighted by Crippen LogP contribution is 2.26. The van der Waals surface area contributed by atoms with E-state index in [2.05, 4.69) is 5.32 Å². The van der Waals surface area contributed by atoms with Gasteiger partial charge >= 0.3 is 6.09 Å². The second-order valence-corrected chi connectivity index (χ2v) is 4.18. The highest BCUT2D eigenvalue weighted by molar-refractivity contribution is 5.70. The van der Waals surface area contributed by atoms with Crippen LogP contribution in [0.5, 0.6) is 5.75 Å². The van der Waals surface area contributed by atoms with Crippen LogP contribution in [0.15, 0.2) is 24.3 Å². The number of carbonyl (C=O) groups is 1. The molecule has 1 aliphatic rings. The van der Waals surface area contributed by atoms with Gasteiger partial charge in [-0.25, -0.2) is 4.79 Å². The van der Waals surface area contributed by atoms with Crippen molar-refractivity contribution in [2.45, 2.75) is 18.9 Å². The minimum atomic E-state index is -0.480. The summed E-state index contributed by atoms with van der Waals surface area (Å²) in [5.74, 6) is 0.826. The summed E-state index contributed by atoms with van der Waals surface area (Å²) >= 11 is 0.